The van der Waals surface area contributed by atoms with Crippen molar-refractivity contribution in [3.05, 3.63) is 41.2 Å². The molecule has 0 fully saturated rings. The highest BCUT2D eigenvalue weighted by Crippen LogP contribution is 2.49. The summed E-state index contributed by atoms with van der Waals surface area (Å²) in [7, 11) is 2.78. The minimum atomic E-state index is -2.11. The predicted octanol–water partition coefficient (Wildman–Crippen LogP) is 2.70. The second kappa shape index (κ2) is 6.43. The number of ether oxygens (including phenoxy) is 3. The molecule has 0 radical (unpaired) electrons. The van der Waals surface area contributed by atoms with Gasteiger partial charge in [-0.15, -0.1) is 0 Å². The van der Waals surface area contributed by atoms with E-state index in [1.807, 2.05) is 26.0 Å². The summed E-state index contributed by atoms with van der Waals surface area (Å²) in [6.45, 7) is 3.93. The molecule has 1 aliphatic carbocycles. The van der Waals surface area contributed by atoms with Crippen LogP contribution in [0.15, 0.2) is 35.6 Å². The lowest BCUT2D eigenvalue weighted by molar-refractivity contribution is -0.223. The van der Waals surface area contributed by atoms with Crippen molar-refractivity contribution in [1.29, 1.82) is 0 Å². The number of hydrogen-bond acceptors (Lipinski definition) is 6. The van der Waals surface area contributed by atoms with Gasteiger partial charge in [-0.2, -0.15) is 0 Å². The molecule has 1 unspecified atom stereocenters. The average Bonchev–Trinajstić information content (AvgIpc) is 2.58. The van der Waals surface area contributed by atoms with Crippen LogP contribution in [-0.2, 0) is 19.1 Å². The van der Waals surface area contributed by atoms with Gasteiger partial charge < -0.3 is 19.3 Å². The lowest BCUT2D eigenvalue weighted by Gasteiger charge is -2.42. The van der Waals surface area contributed by atoms with Crippen molar-refractivity contribution in [2.75, 3.05) is 14.2 Å². The summed E-state index contributed by atoms with van der Waals surface area (Å²) in [5.41, 5.74) is 1.06. The normalized spacial score (nSPS) is 27.4. The number of allylic oxidation sites excluding steroid dienone is 2. The van der Waals surface area contributed by atoms with Crippen LogP contribution in [0.25, 0.3) is 0 Å². The molecule has 0 spiro atoms. The molecule has 140 valence electrons. The van der Waals surface area contributed by atoms with E-state index in [4.69, 9.17) is 14.2 Å². The van der Waals surface area contributed by atoms with Gasteiger partial charge in [0.25, 0.3) is 0 Å². The maximum atomic E-state index is 12.8. The first-order valence-corrected chi connectivity index (χ1v) is 8.59. The third kappa shape index (κ3) is 3.21. The Morgan fingerprint density at radius 3 is 2.42 bits per heavy atom. The van der Waals surface area contributed by atoms with Crippen LogP contribution in [0.4, 0.5) is 0 Å². The Kier molecular flexibility index (Phi) is 4.56. The lowest BCUT2D eigenvalue weighted by Crippen LogP contribution is -2.48. The first-order valence-electron chi connectivity index (χ1n) is 8.59. The van der Waals surface area contributed by atoms with Crippen molar-refractivity contribution in [2.45, 2.75) is 44.8 Å². The number of aliphatic hydroxyl groups is 1. The van der Waals surface area contributed by atoms with Crippen LogP contribution in [0.1, 0.15) is 44.6 Å². The number of ketones is 1. The molecule has 0 saturated carbocycles. The SMILES string of the molecule is COC(=O)C1(O)C[C@H](c2ccc(OC)cc2)C2=C(CC(C)(C)CC2=O)O1. The van der Waals surface area contributed by atoms with Gasteiger partial charge in [0.05, 0.1) is 14.2 Å². The Hall–Kier alpha value is -2.34. The Morgan fingerprint density at radius 2 is 1.85 bits per heavy atom. The predicted molar refractivity (Wildman–Crippen MR) is 93.5 cm³/mol. The van der Waals surface area contributed by atoms with Gasteiger partial charge in [-0.25, -0.2) is 4.79 Å². The van der Waals surface area contributed by atoms with E-state index in [9.17, 15) is 14.7 Å². The topological polar surface area (TPSA) is 82.1 Å². The monoisotopic (exact) mass is 360 g/mol. The van der Waals surface area contributed by atoms with Gasteiger partial charge in [-0.1, -0.05) is 26.0 Å². The van der Waals surface area contributed by atoms with E-state index < -0.39 is 17.7 Å². The number of Topliss-reactive ketones (excluding diaryl/α,β-unsaturated/α-hetero) is 1. The van der Waals surface area contributed by atoms with Gasteiger partial charge in [0, 0.05) is 30.8 Å². The van der Waals surface area contributed by atoms with Crippen molar-refractivity contribution in [3.8, 4) is 5.75 Å². The van der Waals surface area contributed by atoms with Crippen molar-refractivity contribution in [3.63, 3.8) is 0 Å². The fraction of sp³-hybridized carbons (Fsp3) is 0.500. The van der Waals surface area contributed by atoms with Gasteiger partial charge in [0.2, 0.25) is 0 Å². The Morgan fingerprint density at radius 1 is 1.19 bits per heavy atom. The molecular weight excluding hydrogens is 336 g/mol. The van der Waals surface area contributed by atoms with Crippen LogP contribution in [0.3, 0.4) is 0 Å². The molecule has 0 amide bonds. The zero-order valence-electron chi connectivity index (χ0n) is 15.5. The van der Waals surface area contributed by atoms with Crippen LogP contribution in [0, 0.1) is 5.41 Å². The molecule has 0 aromatic heterocycles. The summed E-state index contributed by atoms with van der Waals surface area (Å²) in [6, 6.07) is 7.26. The van der Waals surface area contributed by atoms with Gasteiger partial charge in [0.15, 0.2) is 5.78 Å². The molecule has 3 rings (SSSR count). The first kappa shape index (κ1) is 18.5. The summed E-state index contributed by atoms with van der Waals surface area (Å²) in [4.78, 5) is 25.0. The van der Waals surface area contributed by atoms with E-state index in [1.165, 1.54) is 7.11 Å². The van der Waals surface area contributed by atoms with E-state index in [0.29, 0.717) is 29.9 Å². The van der Waals surface area contributed by atoms with Crippen molar-refractivity contribution >= 4 is 11.8 Å². The van der Waals surface area contributed by atoms with Crippen molar-refractivity contribution in [1.82, 2.24) is 0 Å². The van der Waals surface area contributed by atoms with Crippen LogP contribution in [0.2, 0.25) is 0 Å². The number of carbonyl (C=O) groups excluding carboxylic acids is 2. The van der Waals surface area contributed by atoms with Gasteiger partial charge >= 0.3 is 11.8 Å². The molecule has 1 aromatic carbocycles. The Bertz CT molecular complexity index is 761. The van der Waals surface area contributed by atoms with E-state index in [1.54, 1.807) is 19.2 Å². The van der Waals surface area contributed by atoms with Gasteiger partial charge in [-0.3, -0.25) is 4.79 Å². The fourth-order valence-electron chi connectivity index (χ4n) is 3.79. The molecule has 1 aliphatic heterocycles. The highest BCUT2D eigenvalue weighted by atomic mass is 16.7. The zero-order chi connectivity index (χ0) is 19.1. The molecule has 2 atom stereocenters. The maximum Gasteiger partial charge on any atom is 0.379 e. The third-order valence-electron chi connectivity index (χ3n) is 5.02. The second-order valence-corrected chi connectivity index (χ2v) is 7.69. The molecular formula is C20H24O6. The van der Waals surface area contributed by atoms with E-state index in [-0.39, 0.29) is 17.6 Å². The molecule has 0 saturated heterocycles. The Labute approximate surface area is 152 Å². The largest absolute Gasteiger partial charge is 0.497 e. The summed E-state index contributed by atoms with van der Waals surface area (Å²) >= 11 is 0. The highest BCUT2D eigenvalue weighted by Gasteiger charge is 2.52. The van der Waals surface area contributed by atoms with Crippen molar-refractivity contribution < 1.29 is 28.9 Å². The molecule has 2 aliphatic rings. The van der Waals surface area contributed by atoms with E-state index >= 15 is 0 Å². The smallest absolute Gasteiger partial charge is 0.379 e. The third-order valence-corrected chi connectivity index (χ3v) is 5.02. The summed E-state index contributed by atoms with van der Waals surface area (Å²) in [6.07, 6.45) is 0.801. The molecule has 1 N–H and O–H groups in total. The highest BCUT2D eigenvalue weighted by molar-refractivity contribution is 5.99. The summed E-state index contributed by atoms with van der Waals surface area (Å²) in [5.74, 6) is -2.36. The van der Waals surface area contributed by atoms with Crippen molar-refractivity contribution in [2.24, 2.45) is 5.41 Å². The quantitative estimate of drug-likeness (QED) is 0.835. The van der Waals surface area contributed by atoms with Gasteiger partial charge in [0.1, 0.15) is 11.5 Å². The van der Waals surface area contributed by atoms with E-state index in [0.717, 1.165) is 5.56 Å². The number of hydrogen-bond donors (Lipinski definition) is 1. The standard InChI is InChI=1S/C20H24O6/c1-19(2)10-15(21)17-14(12-5-7-13(24-3)8-6-12)9-20(23,18(22)25-4)26-16(17)11-19/h5-8,14,23H,9-11H2,1-4H3/t14-,20?/m1/s1. The molecule has 26 heavy (non-hydrogen) atoms. The van der Waals surface area contributed by atoms with Crippen LogP contribution >= 0.6 is 0 Å². The number of carbonyl (C=O) groups is 2. The minimum absolute atomic E-state index is 0.0102. The van der Waals surface area contributed by atoms with Gasteiger partial charge in [-0.05, 0) is 23.1 Å². The Balaban J connectivity index is 2.09. The maximum absolute atomic E-state index is 12.8. The molecule has 1 heterocycles. The zero-order valence-corrected chi connectivity index (χ0v) is 15.5. The fourth-order valence-corrected chi connectivity index (χ4v) is 3.79. The first-order chi connectivity index (χ1) is 12.2. The lowest BCUT2D eigenvalue weighted by atomic mass is 9.70. The number of methoxy groups -OCH3 is 2. The molecule has 6 nitrogen and oxygen atoms in total. The number of esters is 1. The molecule has 1 aromatic rings. The summed E-state index contributed by atoms with van der Waals surface area (Å²) in [5, 5.41) is 10.8. The number of benzene rings is 1. The van der Waals surface area contributed by atoms with Crippen LogP contribution < -0.4 is 4.74 Å². The molecule has 0 bridgehead atoms. The van der Waals surface area contributed by atoms with E-state index in [2.05, 4.69) is 0 Å². The second-order valence-electron chi connectivity index (χ2n) is 7.69. The minimum Gasteiger partial charge on any atom is -0.497 e. The van der Waals surface area contributed by atoms with Crippen LogP contribution in [0.5, 0.6) is 5.75 Å². The van der Waals surface area contributed by atoms with Crippen LogP contribution in [-0.4, -0.2) is 36.9 Å². The number of rotatable bonds is 3. The molecule has 6 heteroatoms. The average molecular weight is 360 g/mol. The summed E-state index contributed by atoms with van der Waals surface area (Å²) < 4.78 is 15.6.